The minimum absolute atomic E-state index is 0.00201. The predicted octanol–water partition coefficient (Wildman–Crippen LogP) is 5.45. The lowest BCUT2D eigenvalue weighted by Crippen LogP contribution is -2.34. The van der Waals surface area contributed by atoms with Crippen LogP contribution in [0.3, 0.4) is 0 Å². The van der Waals surface area contributed by atoms with E-state index in [4.69, 9.17) is 26.4 Å². The summed E-state index contributed by atoms with van der Waals surface area (Å²) in [6, 6.07) is 14.6. The fourth-order valence-corrected chi connectivity index (χ4v) is 3.50. The Labute approximate surface area is 204 Å². The highest BCUT2D eigenvalue weighted by molar-refractivity contribution is 7.80. The number of thiocarbonyl (C=S) groups is 1. The molecule has 0 radical (unpaired) electrons. The summed E-state index contributed by atoms with van der Waals surface area (Å²) in [5, 5.41) is 5.36. The van der Waals surface area contributed by atoms with Gasteiger partial charge in [-0.25, -0.2) is 8.78 Å². The molecule has 0 spiro atoms. The molecule has 4 aromatic rings. The van der Waals surface area contributed by atoms with E-state index >= 15 is 0 Å². The second kappa shape index (κ2) is 10.3. The number of amides is 1. The van der Waals surface area contributed by atoms with Crippen molar-refractivity contribution >= 4 is 39.8 Å². The molecule has 0 bridgehead atoms. The van der Waals surface area contributed by atoms with E-state index in [1.165, 1.54) is 44.6 Å². The number of carbonyl (C=O) groups excluding carboxylic acids is 1. The van der Waals surface area contributed by atoms with E-state index in [0.29, 0.717) is 28.2 Å². The Morgan fingerprint density at radius 2 is 1.66 bits per heavy atom. The molecule has 0 saturated carbocycles. The number of carbonyl (C=O) groups is 1. The van der Waals surface area contributed by atoms with E-state index in [9.17, 15) is 13.6 Å². The van der Waals surface area contributed by atoms with Crippen molar-refractivity contribution in [2.24, 2.45) is 0 Å². The van der Waals surface area contributed by atoms with Gasteiger partial charge in [0.1, 0.15) is 23.1 Å². The molecule has 0 fully saturated rings. The summed E-state index contributed by atoms with van der Waals surface area (Å²) in [5.74, 6) is -0.459. The molecule has 2 N–H and O–H groups in total. The molecule has 7 nitrogen and oxygen atoms in total. The number of benzene rings is 3. The van der Waals surface area contributed by atoms with Crippen molar-refractivity contribution in [3.8, 4) is 23.0 Å². The highest BCUT2D eigenvalue weighted by atomic mass is 32.1. The molecule has 3 aromatic carbocycles. The molecule has 0 atom stereocenters. The third-order valence-corrected chi connectivity index (χ3v) is 5.17. The van der Waals surface area contributed by atoms with Gasteiger partial charge in [-0.05, 0) is 48.6 Å². The van der Waals surface area contributed by atoms with E-state index in [1.54, 1.807) is 24.4 Å². The van der Waals surface area contributed by atoms with Gasteiger partial charge in [0.25, 0.3) is 5.91 Å². The number of halogens is 2. The second-order valence-electron chi connectivity index (χ2n) is 7.17. The SMILES string of the molecule is COc1cc2nccc(Oc3ccc(NC(=S)NC(=O)c4ccccc4F)c(F)c3)c2cc1OC. The number of aromatic nitrogens is 1. The Morgan fingerprint density at radius 3 is 2.37 bits per heavy atom. The zero-order chi connectivity index (χ0) is 24.9. The largest absolute Gasteiger partial charge is 0.493 e. The maximum atomic E-state index is 14.7. The summed E-state index contributed by atoms with van der Waals surface area (Å²) in [6.45, 7) is 0. The zero-order valence-electron chi connectivity index (χ0n) is 18.6. The second-order valence-corrected chi connectivity index (χ2v) is 7.57. The summed E-state index contributed by atoms with van der Waals surface area (Å²) in [6.07, 6.45) is 1.56. The van der Waals surface area contributed by atoms with Crippen molar-refractivity contribution in [3.05, 3.63) is 84.1 Å². The van der Waals surface area contributed by atoms with Crippen molar-refractivity contribution in [1.29, 1.82) is 0 Å². The molecule has 10 heteroatoms. The van der Waals surface area contributed by atoms with Gasteiger partial charge in [0.2, 0.25) is 0 Å². The van der Waals surface area contributed by atoms with Crippen molar-refractivity contribution in [2.75, 3.05) is 19.5 Å². The van der Waals surface area contributed by atoms with E-state index in [-0.39, 0.29) is 22.1 Å². The summed E-state index contributed by atoms with van der Waals surface area (Å²) < 4.78 is 45.0. The highest BCUT2D eigenvalue weighted by Crippen LogP contribution is 2.37. The van der Waals surface area contributed by atoms with Gasteiger partial charge >= 0.3 is 0 Å². The molecule has 178 valence electrons. The fourth-order valence-electron chi connectivity index (χ4n) is 3.29. The zero-order valence-corrected chi connectivity index (χ0v) is 19.4. The first-order valence-electron chi connectivity index (χ1n) is 10.2. The molecule has 4 rings (SSSR count). The third-order valence-electron chi connectivity index (χ3n) is 4.97. The number of rotatable bonds is 6. The maximum Gasteiger partial charge on any atom is 0.260 e. The van der Waals surface area contributed by atoms with Gasteiger partial charge in [-0.15, -0.1) is 0 Å². The Morgan fingerprint density at radius 1 is 0.914 bits per heavy atom. The number of pyridine rings is 1. The van der Waals surface area contributed by atoms with Gasteiger partial charge in [-0.3, -0.25) is 15.1 Å². The van der Waals surface area contributed by atoms with Crippen LogP contribution in [0, 0.1) is 11.6 Å². The Balaban J connectivity index is 1.50. The number of ether oxygens (including phenoxy) is 3. The summed E-state index contributed by atoms with van der Waals surface area (Å²) in [7, 11) is 3.05. The molecule has 0 aliphatic rings. The first-order valence-corrected chi connectivity index (χ1v) is 10.7. The lowest BCUT2D eigenvalue weighted by Gasteiger charge is -2.14. The maximum absolute atomic E-state index is 14.7. The van der Waals surface area contributed by atoms with Crippen molar-refractivity contribution in [2.45, 2.75) is 0 Å². The van der Waals surface area contributed by atoms with Crippen molar-refractivity contribution < 1.29 is 27.8 Å². The number of fused-ring (bicyclic) bond motifs is 1. The summed E-state index contributed by atoms with van der Waals surface area (Å²) >= 11 is 5.06. The molecule has 1 amide bonds. The quantitative estimate of drug-likeness (QED) is 0.344. The van der Waals surface area contributed by atoms with Crippen LogP contribution >= 0.6 is 12.2 Å². The van der Waals surface area contributed by atoms with Gasteiger partial charge in [-0.1, -0.05) is 12.1 Å². The monoisotopic (exact) mass is 495 g/mol. The van der Waals surface area contributed by atoms with E-state index in [1.807, 2.05) is 0 Å². The van der Waals surface area contributed by atoms with Crippen LogP contribution in [0.1, 0.15) is 10.4 Å². The molecule has 1 aromatic heterocycles. The smallest absolute Gasteiger partial charge is 0.260 e. The molecule has 0 aliphatic heterocycles. The number of hydrogen-bond acceptors (Lipinski definition) is 6. The van der Waals surface area contributed by atoms with Crippen LogP contribution in [0.25, 0.3) is 10.9 Å². The summed E-state index contributed by atoms with van der Waals surface area (Å²) in [4.78, 5) is 16.5. The van der Waals surface area contributed by atoms with Gasteiger partial charge in [-0.2, -0.15) is 0 Å². The van der Waals surface area contributed by atoms with E-state index < -0.39 is 17.5 Å². The number of nitrogens with zero attached hydrogens (tertiary/aromatic N) is 1. The van der Waals surface area contributed by atoms with Gasteiger partial charge in [0.05, 0.1) is 31.0 Å². The molecule has 0 saturated heterocycles. The van der Waals surface area contributed by atoms with Gasteiger partial charge < -0.3 is 19.5 Å². The lowest BCUT2D eigenvalue weighted by molar-refractivity contribution is 0.0974. The molecule has 35 heavy (non-hydrogen) atoms. The first-order chi connectivity index (χ1) is 16.9. The van der Waals surface area contributed by atoms with Crippen molar-refractivity contribution in [3.63, 3.8) is 0 Å². The van der Waals surface area contributed by atoms with Crippen LogP contribution in [0.4, 0.5) is 14.5 Å². The molecule has 0 unspecified atom stereocenters. The Bertz CT molecular complexity index is 1430. The lowest BCUT2D eigenvalue weighted by atomic mass is 10.2. The number of nitrogens with one attached hydrogen (secondary N) is 2. The number of anilines is 1. The van der Waals surface area contributed by atoms with Gasteiger partial charge in [0, 0.05) is 23.7 Å². The predicted molar refractivity (Wildman–Crippen MR) is 131 cm³/mol. The van der Waals surface area contributed by atoms with E-state index in [2.05, 4.69) is 15.6 Å². The van der Waals surface area contributed by atoms with Crippen LogP contribution in [-0.4, -0.2) is 30.2 Å². The molecular formula is C25H19F2N3O4S. The number of methoxy groups -OCH3 is 2. The minimum atomic E-state index is -0.752. The first kappa shape index (κ1) is 23.8. The Kier molecular flexibility index (Phi) is 7.02. The van der Waals surface area contributed by atoms with Crippen LogP contribution < -0.4 is 24.8 Å². The van der Waals surface area contributed by atoms with Crippen LogP contribution in [0.15, 0.2) is 66.9 Å². The molecule has 1 heterocycles. The number of hydrogen-bond donors (Lipinski definition) is 2. The Hall–Kier alpha value is -4.31. The van der Waals surface area contributed by atoms with Gasteiger partial charge in [0.15, 0.2) is 16.6 Å². The minimum Gasteiger partial charge on any atom is -0.493 e. The molecular weight excluding hydrogens is 476 g/mol. The van der Waals surface area contributed by atoms with E-state index in [0.717, 1.165) is 12.1 Å². The fraction of sp³-hybridized carbons (Fsp3) is 0.0800. The van der Waals surface area contributed by atoms with Crippen LogP contribution in [0.5, 0.6) is 23.0 Å². The van der Waals surface area contributed by atoms with Crippen molar-refractivity contribution in [1.82, 2.24) is 10.3 Å². The van der Waals surface area contributed by atoms with Crippen LogP contribution in [-0.2, 0) is 0 Å². The topological polar surface area (TPSA) is 81.7 Å². The molecule has 0 aliphatic carbocycles. The highest BCUT2D eigenvalue weighted by Gasteiger charge is 2.15. The average molecular weight is 496 g/mol. The third kappa shape index (κ3) is 5.28. The summed E-state index contributed by atoms with van der Waals surface area (Å²) in [5.41, 5.74) is 0.428. The van der Waals surface area contributed by atoms with Crippen LogP contribution in [0.2, 0.25) is 0 Å². The standard InChI is InChI=1S/C25H19F2N3O4S/c1-32-22-12-16-20(13-23(22)33-2)28-10-9-21(16)34-14-7-8-19(18(27)11-14)29-25(35)30-24(31)15-5-3-4-6-17(15)26/h3-13H,1-2H3,(H2,29,30,31,35). The average Bonchev–Trinajstić information content (AvgIpc) is 2.85. The normalized spacial score (nSPS) is 10.5.